The molecule has 2 atom stereocenters. The molecule has 4 aromatic rings. The Morgan fingerprint density at radius 3 is 2.68 bits per heavy atom. The average molecular weight is 463 g/mol. The van der Waals surface area contributed by atoms with Crippen LogP contribution in [0.1, 0.15) is 24.6 Å². The highest BCUT2D eigenvalue weighted by Crippen LogP contribution is 2.21. The minimum atomic E-state index is -0.668. The van der Waals surface area contributed by atoms with Crippen LogP contribution in [0.2, 0.25) is 0 Å². The number of H-pyrrole nitrogens is 2. The number of hydrogen-bond acceptors (Lipinski definition) is 6. The fourth-order valence-electron chi connectivity index (χ4n) is 3.61. The smallest absolute Gasteiger partial charge is 0.323 e. The predicted octanol–water partition coefficient (Wildman–Crippen LogP) is 3.18. The number of hydrogen-bond donors (Lipinski definition) is 4. The number of aliphatic hydroxyl groups excluding tert-OH is 1. The predicted molar refractivity (Wildman–Crippen MR) is 131 cm³/mol. The van der Waals surface area contributed by atoms with Gasteiger partial charge >= 0.3 is 5.69 Å². The zero-order valence-corrected chi connectivity index (χ0v) is 19.2. The number of aliphatic hydroxyl groups is 1. The van der Waals surface area contributed by atoms with Crippen LogP contribution in [0, 0.1) is 0 Å². The SMILES string of the molecule is CC(CCc1ccc(OCc2ccccn2)cc1)NCC(O)COc1cccc2[nH]c(=O)[nH]c12. The first-order valence-corrected chi connectivity index (χ1v) is 11.4. The monoisotopic (exact) mass is 462 g/mol. The van der Waals surface area contributed by atoms with Crippen LogP contribution in [0.4, 0.5) is 0 Å². The van der Waals surface area contributed by atoms with Gasteiger partial charge in [0.1, 0.15) is 36.3 Å². The topological polar surface area (TPSA) is 112 Å². The van der Waals surface area contributed by atoms with E-state index < -0.39 is 6.10 Å². The van der Waals surface area contributed by atoms with Crippen LogP contribution >= 0.6 is 0 Å². The Balaban J connectivity index is 1.15. The molecule has 0 radical (unpaired) electrons. The van der Waals surface area contributed by atoms with Crippen molar-refractivity contribution in [3.05, 3.63) is 88.6 Å². The molecular formula is C26H30N4O4. The highest BCUT2D eigenvalue weighted by Gasteiger charge is 2.11. The van der Waals surface area contributed by atoms with Crippen LogP contribution in [-0.2, 0) is 13.0 Å². The standard InChI is InChI=1S/C26H30N4O4/c1-18(8-9-19-10-12-22(13-11-19)33-16-20-5-2-3-14-27-20)28-15-21(31)17-34-24-7-4-6-23-25(24)30-26(32)29-23/h2-7,10-14,18,21,28,31H,8-9,15-17H2,1H3,(H2,29,30,32). The third kappa shape index (κ3) is 6.69. The number of fused-ring (bicyclic) bond motifs is 1. The summed E-state index contributed by atoms with van der Waals surface area (Å²) in [7, 11) is 0. The molecule has 2 unspecified atom stereocenters. The Labute approximate surface area is 198 Å². The van der Waals surface area contributed by atoms with Gasteiger partial charge in [0.15, 0.2) is 0 Å². The van der Waals surface area contributed by atoms with Crippen molar-refractivity contribution >= 4 is 11.0 Å². The Kier molecular flexibility index (Phi) is 7.95. The number of benzene rings is 2. The maximum Gasteiger partial charge on any atom is 0.323 e. The van der Waals surface area contributed by atoms with Gasteiger partial charge in [-0.1, -0.05) is 24.3 Å². The van der Waals surface area contributed by atoms with Gasteiger partial charge in [0.2, 0.25) is 0 Å². The number of ether oxygens (including phenoxy) is 2. The summed E-state index contributed by atoms with van der Waals surface area (Å²) in [5.41, 5.74) is 3.13. The van der Waals surface area contributed by atoms with Crippen LogP contribution in [0.3, 0.4) is 0 Å². The number of nitrogens with zero attached hydrogens (tertiary/aromatic N) is 1. The van der Waals surface area contributed by atoms with E-state index in [9.17, 15) is 9.90 Å². The highest BCUT2D eigenvalue weighted by atomic mass is 16.5. The van der Waals surface area contributed by atoms with Gasteiger partial charge in [0, 0.05) is 18.8 Å². The van der Waals surface area contributed by atoms with E-state index in [2.05, 4.69) is 39.3 Å². The minimum Gasteiger partial charge on any atom is -0.489 e. The normalized spacial score (nSPS) is 13.0. The molecule has 2 aromatic carbocycles. The van der Waals surface area contributed by atoms with E-state index in [1.807, 2.05) is 30.3 Å². The Bertz CT molecular complexity index is 1220. The van der Waals surface area contributed by atoms with E-state index >= 15 is 0 Å². The summed E-state index contributed by atoms with van der Waals surface area (Å²) in [6.45, 7) is 3.10. The van der Waals surface area contributed by atoms with Gasteiger partial charge in [-0.25, -0.2) is 4.79 Å². The van der Waals surface area contributed by atoms with Crippen molar-refractivity contribution in [1.29, 1.82) is 0 Å². The third-order valence-electron chi connectivity index (χ3n) is 5.55. The summed E-state index contributed by atoms with van der Waals surface area (Å²) < 4.78 is 11.5. The fraction of sp³-hybridized carbons (Fsp3) is 0.308. The first kappa shape index (κ1) is 23.5. The molecule has 4 rings (SSSR count). The number of rotatable bonds is 12. The lowest BCUT2D eigenvalue weighted by molar-refractivity contribution is 0.104. The van der Waals surface area contributed by atoms with Gasteiger partial charge in [-0.2, -0.15) is 0 Å². The number of aromatic nitrogens is 3. The number of pyridine rings is 1. The molecule has 178 valence electrons. The van der Waals surface area contributed by atoms with Crippen molar-refractivity contribution in [2.45, 2.75) is 38.5 Å². The van der Waals surface area contributed by atoms with E-state index in [0.717, 1.165) is 24.3 Å². The van der Waals surface area contributed by atoms with Crippen molar-refractivity contribution in [3.8, 4) is 11.5 Å². The Morgan fingerprint density at radius 2 is 1.88 bits per heavy atom. The molecular weight excluding hydrogens is 432 g/mol. The van der Waals surface area contributed by atoms with Crippen molar-refractivity contribution < 1.29 is 14.6 Å². The molecule has 34 heavy (non-hydrogen) atoms. The molecule has 0 amide bonds. The first-order valence-electron chi connectivity index (χ1n) is 11.4. The zero-order valence-electron chi connectivity index (χ0n) is 19.2. The maximum atomic E-state index is 11.5. The van der Waals surface area contributed by atoms with Gasteiger partial charge in [0.05, 0.1) is 11.2 Å². The lowest BCUT2D eigenvalue weighted by atomic mass is 10.1. The van der Waals surface area contributed by atoms with E-state index in [-0.39, 0.29) is 18.3 Å². The first-order chi connectivity index (χ1) is 16.6. The molecule has 0 fully saturated rings. The van der Waals surface area contributed by atoms with Crippen LogP contribution in [-0.4, -0.2) is 45.4 Å². The maximum absolute atomic E-state index is 11.5. The largest absolute Gasteiger partial charge is 0.489 e. The third-order valence-corrected chi connectivity index (χ3v) is 5.55. The second-order valence-corrected chi connectivity index (χ2v) is 8.32. The van der Waals surface area contributed by atoms with Crippen LogP contribution in [0.5, 0.6) is 11.5 Å². The molecule has 0 aliphatic rings. The zero-order chi connectivity index (χ0) is 23.8. The van der Waals surface area contributed by atoms with Gasteiger partial charge in [-0.15, -0.1) is 0 Å². The molecule has 0 aliphatic heterocycles. The molecule has 2 heterocycles. The molecule has 0 bridgehead atoms. The number of aryl methyl sites for hydroxylation is 1. The lowest BCUT2D eigenvalue weighted by Crippen LogP contribution is -2.36. The summed E-state index contributed by atoms with van der Waals surface area (Å²) >= 11 is 0. The summed E-state index contributed by atoms with van der Waals surface area (Å²) in [5, 5.41) is 13.7. The van der Waals surface area contributed by atoms with Gasteiger partial charge in [-0.05, 0) is 61.7 Å². The van der Waals surface area contributed by atoms with Crippen LogP contribution in [0.15, 0.2) is 71.7 Å². The quantitative estimate of drug-likeness (QED) is 0.257. The molecule has 2 aromatic heterocycles. The molecule has 0 spiro atoms. The second-order valence-electron chi connectivity index (χ2n) is 8.32. The van der Waals surface area contributed by atoms with Gasteiger partial charge in [-0.3, -0.25) is 4.98 Å². The van der Waals surface area contributed by atoms with Crippen molar-refractivity contribution in [3.63, 3.8) is 0 Å². The molecule has 8 heteroatoms. The van der Waals surface area contributed by atoms with E-state index in [1.165, 1.54) is 5.56 Å². The molecule has 0 saturated carbocycles. The summed E-state index contributed by atoms with van der Waals surface area (Å²) in [5.74, 6) is 1.36. The molecule has 0 aliphatic carbocycles. The summed E-state index contributed by atoms with van der Waals surface area (Å²) in [6.07, 6.45) is 2.95. The van der Waals surface area contributed by atoms with Crippen LogP contribution < -0.4 is 20.5 Å². The van der Waals surface area contributed by atoms with E-state index in [4.69, 9.17) is 9.47 Å². The summed E-state index contributed by atoms with van der Waals surface area (Å²) in [6, 6.07) is 19.5. The molecule has 4 N–H and O–H groups in total. The average Bonchev–Trinajstić information content (AvgIpc) is 3.25. The van der Waals surface area contributed by atoms with E-state index in [1.54, 1.807) is 24.4 Å². The molecule has 8 nitrogen and oxygen atoms in total. The second kappa shape index (κ2) is 11.5. The van der Waals surface area contributed by atoms with Crippen LogP contribution in [0.25, 0.3) is 11.0 Å². The number of imidazole rings is 1. The number of aromatic amines is 2. The Hall–Kier alpha value is -3.62. The van der Waals surface area contributed by atoms with Crippen molar-refractivity contribution in [2.24, 2.45) is 0 Å². The van der Waals surface area contributed by atoms with Crippen molar-refractivity contribution in [2.75, 3.05) is 13.2 Å². The highest BCUT2D eigenvalue weighted by molar-refractivity contribution is 5.80. The lowest BCUT2D eigenvalue weighted by Gasteiger charge is -2.18. The summed E-state index contributed by atoms with van der Waals surface area (Å²) in [4.78, 5) is 21.1. The minimum absolute atomic E-state index is 0.131. The Morgan fingerprint density at radius 1 is 1.03 bits per heavy atom. The number of nitrogens with one attached hydrogen (secondary N) is 3. The van der Waals surface area contributed by atoms with Gasteiger partial charge < -0.3 is 29.9 Å². The molecule has 0 saturated heterocycles. The van der Waals surface area contributed by atoms with E-state index in [0.29, 0.717) is 29.9 Å². The number of para-hydroxylation sites is 1. The van der Waals surface area contributed by atoms with Crippen molar-refractivity contribution in [1.82, 2.24) is 20.3 Å². The van der Waals surface area contributed by atoms with Gasteiger partial charge in [0.25, 0.3) is 0 Å². The fourth-order valence-corrected chi connectivity index (χ4v) is 3.61.